The predicted molar refractivity (Wildman–Crippen MR) is 221 cm³/mol. The van der Waals surface area contributed by atoms with E-state index in [9.17, 15) is 5.53 Å². The van der Waals surface area contributed by atoms with E-state index in [1.807, 2.05) is 0 Å². The molecule has 0 saturated heterocycles. The Morgan fingerprint density at radius 1 is 0.380 bits per heavy atom. The number of aryl methyl sites for hydroxylation is 4. The Bertz CT molecular complexity index is 1240. The zero-order valence-electron chi connectivity index (χ0n) is 34.2. The second-order valence-corrected chi connectivity index (χ2v) is 15.3. The molecule has 0 bridgehead atoms. The minimum Gasteiger partial charge on any atom is -0.493 e. The highest BCUT2D eigenvalue weighted by Crippen LogP contribution is 2.46. The first-order valence-electron chi connectivity index (χ1n) is 21.7. The van der Waals surface area contributed by atoms with Crippen LogP contribution in [0.15, 0.2) is 35.4 Å². The number of nitrogens with zero attached hydrogens (tertiary/aromatic N) is 2. The molecule has 3 rings (SSSR count). The largest absolute Gasteiger partial charge is 0.493 e. The summed E-state index contributed by atoms with van der Waals surface area (Å²) in [5.41, 5.74) is 29.4. The molecule has 2 aromatic carbocycles. The fourth-order valence-corrected chi connectivity index (χ4v) is 8.38. The molecule has 278 valence electrons. The van der Waals surface area contributed by atoms with Crippen LogP contribution in [-0.2, 0) is 38.5 Å². The van der Waals surface area contributed by atoms with E-state index in [1.54, 1.807) is 15.8 Å². The van der Waals surface area contributed by atoms with Gasteiger partial charge in [-0.15, -0.1) is 0 Å². The van der Waals surface area contributed by atoms with Crippen LogP contribution in [0.25, 0.3) is 16.9 Å². The van der Waals surface area contributed by atoms with Crippen molar-refractivity contribution in [1.82, 2.24) is 0 Å². The molecule has 1 aliphatic heterocycles. The molecule has 2 heteroatoms. The van der Waals surface area contributed by atoms with E-state index < -0.39 is 0 Å². The summed E-state index contributed by atoms with van der Waals surface area (Å²) in [7, 11) is 0. The molecule has 0 aromatic heterocycles. The Morgan fingerprint density at radius 2 is 0.680 bits per heavy atom. The maximum atomic E-state index is 12.7. The first-order chi connectivity index (χ1) is 24.4. The highest BCUT2D eigenvalue weighted by atomic mass is 15.2. The molecule has 0 saturated carbocycles. The van der Waals surface area contributed by atoms with Crippen LogP contribution < -0.4 is 0 Å². The summed E-state index contributed by atoms with van der Waals surface area (Å²) in [5, 5.41) is 0. The van der Waals surface area contributed by atoms with E-state index in [0.717, 1.165) is 62.8 Å². The highest BCUT2D eigenvalue weighted by molar-refractivity contribution is 5.83. The van der Waals surface area contributed by atoms with Crippen LogP contribution in [0.5, 0.6) is 0 Å². The topological polar surface area (TPSA) is 25.3 Å². The zero-order chi connectivity index (χ0) is 36.3. The molecular weight excluding hydrogens is 605 g/mol. The van der Waals surface area contributed by atoms with E-state index in [4.69, 9.17) is 0 Å². The van der Waals surface area contributed by atoms with Gasteiger partial charge < -0.3 is 5.53 Å². The maximum absolute atomic E-state index is 12.7. The third-order valence-electron chi connectivity index (χ3n) is 11.2. The van der Waals surface area contributed by atoms with Gasteiger partial charge in [0.05, 0.1) is 0 Å². The van der Waals surface area contributed by atoms with Crippen LogP contribution in [0.3, 0.4) is 0 Å². The van der Waals surface area contributed by atoms with E-state index in [-0.39, 0.29) is 0 Å². The van der Waals surface area contributed by atoms with Gasteiger partial charge in [0.25, 0.3) is 0 Å². The van der Waals surface area contributed by atoms with Gasteiger partial charge in [-0.2, -0.15) is 0 Å². The Kier molecular flexibility index (Phi) is 19.4. The van der Waals surface area contributed by atoms with Crippen molar-refractivity contribution in [3.63, 3.8) is 0 Å². The smallest absolute Gasteiger partial charge is 0.211 e. The first-order valence-corrected chi connectivity index (χ1v) is 21.7. The predicted octanol–water partition coefficient (Wildman–Crippen LogP) is 15.3. The van der Waals surface area contributed by atoms with E-state index in [2.05, 4.69) is 79.7 Å². The molecule has 0 spiro atoms. The van der Waals surface area contributed by atoms with Gasteiger partial charge in [-0.25, -0.2) is 4.70 Å². The molecule has 0 N–H and O–H groups in total. The molecule has 2 nitrogen and oxygen atoms in total. The fraction of sp³-hybridized carbons (Fsp3) is 0.667. The average Bonchev–Trinajstić information content (AvgIpc) is 3.40. The normalized spacial score (nSPS) is 13.4. The van der Waals surface area contributed by atoms with Crippen LogP contribution in [0.4, 0.5) is 0 Å². The van der Waals surface area contributed by atoms with Gasteiger partial charge in [0.2, 0.25) is 11.4 Å². The SMILES string of the molecule is CCCCCCC1=C(c2cc(CCCC)c(CC)c(CCCC)c2)[N+](=[N-])C(c2cc(CCCC)c(CC)c(CCCC)c2)=C1CCCCCC. The third-order valence-corrected chi connectivity index (χ3v) is 11.2. The first kappa shape index (κ1) is 41.9. The molecular formula is C48H76N2. The Hall–Kier alpha value is -2.48. The standard InChI is InChI=1S/C48H76N2/c1-9-17-23-25-31-45-46(32-26-24-18-10-2)48(42-35-39(29-21-13-5)44(16-8)40(36-42)30-22-14-6)50(49)47(45)41-33-37(27-19-11-3)43(15-7)38(34-41)28-20-12-4/h33-36H,9-32H2,1-8H3. The minimum atomic E-state index is 1.04. The lowest BCUT2D eigenvalue weighted by atomic mass is 9.86. The maximum Gasteiger partial charge on any atom is 0.211 e. The van der Waals surface area contributed by atoms with Crippen LogP contribution in [0, 0.1) is 0 Å². The Balaban J connectivity index is 2.35. The summed E-state index contributed by atoms with van der Waals surface area (Å²) in [5.74, 6) is 0. The fourth-order valence-electron chi connectivity index (χ4n) is 8.38. The summed E-state index contributed by atoms with van der Waals surface area (Å²) >= 11 is 0. The molecule has 0 amide bonds. The van der Waals surface area contributed by atoms with Crippen molar-refractivity contribution in [2.75, 3.05) is 0 Å². The summed E-state index contributed by atoms with van der Waals surface area (Å²) in [6.07, 6.45) is 28.4. The Morgan fingerprint density at radius 3 is 0.940 bits per heavy atom. The van der Waals surface area contributed by atoms with Gasteiger partial charge >= 0.3 is 0 Å². The molecule has 0 fully saturated rings. The summed E-state index contributed by atoms with van der Waals surface area (Å²) in [6.45, 7) is 18.5. The average molecular weight is 681 g/mol. The van der Waals surface area contributed by atoms with Crippen molar-refractivity contribution >= 4 is 11.4 Å². The molecule has 0 radical (unpaired) electrons. The number of unbranched alkanes of at least 4 members (excludes halogenated alkanes) is 10. The van der Waals surface area contributed by atoms with Crippen molar-refractivity contribution in [3.8, 4) is 0 Å². The van der Waals surface area contributed by atoms with Crippen LogP contribution in [0.2, 0.25) is 0 Å². The van der Waals surface area contributed by atoms with Crippen molar-refractivity contribution in [2.24, 2.45) is 0 Å². The number of rotatable bonds is 26. The lowest BCUT2D eigenvalue weighted by Gasteiger charge is -2.19. The summed E-state index contributed by atoms with van der Waals surface area (Å²) < 4.78 is 1.70. The number of allylic oxidation sites excluding steroid dienone is 2. The van der Waals surface area contributed by atoms with E-state index >= 15 is 0 Å². The molecule has 1 heterocycles. The second kappa shape index (κ2) is 23.2. The van der Waals surface area contributed by atoms with Gasteiger partial charge in [0, 0.05) is 22.3 Å². The van der Waals surface area contributed by atoms with Crippen LogP contribution >= 0.6 is 0 Å². The van der Waals surface area contributed by atoms with Crippen LogP contribution in [0.1, 0.15) is 215 Å². The van der Waals surface area contributed by atoms with Gasteiger partial charge in [0.1, 0.15) is 0 Å². The van der Waals surface area contributed by atoms with Gasteiger partial charge in [-0.3, -0.25) is 0 Å². The highest BCUT2D eigenvalue weighted by Gasteiger charge is 2.36. The molecule has 1 aliphatic rings. The lowest BCUT2D eigenvalue weighted by molar-refractivity contribution is -0.345. The van der Waals surface area contributed by atoms with Gasteiger partial charge in [-0.1, -0.05) is 120 Å². The van der Waals surface area contributed by atoms with Gasteiger partial charge in [-0.05, 0) is 148 Å². The van der Waals surface area contributed by atoms with Crippen molar-refractivity contribution < 1.29 is 4.70 Å². The zero-order valence-corrected chi connectivity index (χ0v) is 34.2. The molecule has 50 heavy (non-hydrogen) atoms. The molecule has 2 aromatic rings. The minimum absolute atomic E-state index is 1.04. The Labute approximate surface area is 310 Å². The molecule has 0 unspecified atom stereocenters. The van der Waals surface area contributed by atoms with Crippen molar-refractivity contribution in [2.45, 2.75) is 209 Å². The third kappa shape index (κ3) is 11.3. The number of hydrogen-bond acceptors (Lipinski definition) is 0. The lowest BCUT2D eigenvalue weighted by Crippen LogP contribution is -2.08. The van der Waals surface area contributed by atoms with Gasteiger partial charge in [0.15, 0.2) is 0 Å². The number of benzene rings is 2. The quantitative estimate of drug-likeness (QED) is 0.0698. The number of hydrogen-bond donors (Lipinski definition) is 0. The monoisotopic (exact) mass is 681 g/mol. The van der Waals surface area contributed by atoms with E-state index in [0.29, 0.717) is 0 Å². The van der Waals surface area contributed by atoms with Crippen molar-refractivity contribution in [3.05, 3.63) is 85.5 Å². The second-order valence-electron chi connectivity index (χ2n) is 15.3. The van der Waals surface area contributed by atoms with E-state index in [1.165, 1.54) is 147 Å². The van der Waals surface area contributed by atoms with Crippen LogP contribution in [-0.4, -0.2) is 4.70 Å². The molecule has 0 atom stereocenters. The summed E-state index contributed by atoms with van der Waals surface area (Å²) in [6, 6.07) is 9.97. The van der Waals surface area contributed by atoms with Crippen molar-refractivity contribution in [1.29, 1.82) is 0 Å². The summed E-state index contributed by atoms with van der Waals surface area (Å²) in [4.78, 5) is 0. The molecule has 0 aliphatic carbocycles.